The molecule has 29 heavy (non-hydrogen) atoms. The van der Waals surface area contributed by atoms with E-state index in [1.165, 1.54) is 35.7 Å². The number of anilines is 1. The summed E-state index contributed by atoms with van der Waals surface area (Å²) < 4.78 is 65.8. The average molecular weight is 441 g/mol. The molecule has 8 nitrogen and oxygen atoms in total. The maximum absolute atomic E-state index is 13.1. The van der Waals surface area contributed by atoms with Crippen molar-refractivity contribution in [3.8, 4) is 5.75 Å². The smallest absolute Gasteiger partial charge is 0.261 e. The van der Waals surface area contributed by atoms with Crippen molar-refractivity contribution >= 4 is 25.7 Å². The molecule has 1 fully saturated rings. The summed E-state index contributed by atoms with van der Waals surface area (Å²) in [6.45, 7) is 4.79. The van der Waals surface area contributed by atoms with Crippen LogP contribution in [0.4, 0.5) is 5.69 Å². The summed E-state index contributed by atoms with van der Waals surface area (Å²) in [6, 6.07) is 9.00. The zero-order valence-corrected chi connectivity index (χ0v) is 18.1. The van der Waals surface area contributed by atoms with Crippen LogP contribution < -0.4 is 9.46 Å². The Bertz CT molecular complexity index is 1110. The number of aryl methyl sites for hydroxylation is 2. The zero-order chi connectivity index (χ0) is 21.2. The second-order valence-corrected chi connectivity index (χ2v) is 10.3. The Labute approximate surface area is 171 Å². The molecule has 0 atom stereocenters. The standard InChI is InChI=1S/C19H24N2O6S2/c1-14-4-6-17(12-15(14)2)28(22,23)20-16-5-7-18(26-3)19(13-16)29(24,25)21-8-10-27-11-9-21/h4-7,12-13,20H,8-11H2,1-3H3. The monoisotopic (exact) mass is 440 g/mol. The molecule has 0 saturated carbocycles. The summed E-state index contributed by atoms with van der Waals surface area (Å²) in [7, 11) is -6.38. The van der Waals surface area contributed by atoms with Crippen LogP contribution in [0.2, 0.25) is 0 Å². The molecule has 0 radical (unpaired) electrons. The highest BCUT2D eigenvalue weighted by Gasteiger charge is 2.30. The number of methoxy groups -OCH3 is 1. The van der Waals surface area contributed by atoms with Crippen LogP contribution in [0.25, 0.3) is 0 Å². The summed E-state index contributed by atoms with van der Waals surface area (Å²) in [4.78, 5) is 0.0104. The maximum Gasteiger partial charge on any atom is 0.261 e. The fourth-order valence-electron chi connectivity index (χ4n) is 2.96. The Morgan fingerprint density at radius 2 is 1.66 bits per heavy atom. The van der Waals surface area contributed by atoms with Gasteiger partial charge in [0.15, 0.2) is 0 Å². The molecule has 1 aliphatic rings. The van der Waals surface area contributed by atoms with Gasteiger partial charge < -0.3 is 9.47 Å². The van der Waals surface area contributed by atoms with E-state index >= 15 is 0 Å². The van der Waals surface area contributed by atoms with E-state index in [9.17, 15) is 16.8 Å². The molecule has 0 unspecified atom stereocenters. The van der Waals surface area contributed by atoms with Gasteiger partial charge in [0.25, 0.3) is 10.0 Å². The number of benzene rings is 2. The molecule has 2 aromatic rings. The molecule has 3 rings (SSSR count). The second kappa shape index (κ2) is 8.31. The number of morpholine rings is 1. The quantitative estimate of drug-likeness (QED) is 0.738. The molecule has 2 aromatic carbocycles. The fourth-order valence-corrected chi connectivity index (χ4v) is 5.69. The van der Waals surface area contributed by atoms with Crippen molar-refractivity contribution in [3.05, 3.63) is 47.5 Å². The third-order valence-corrected chi connectivity index (χ3v) is 8.09. The van der Waals surface area contributed by atoms with Crippen molar-refractivity contribution < 1.29 is 26.3 Å². The van der Waals surface area contributed by atoms with E-state index < -0.39 is 20.0 Å². The minimum absolute atomic E-state index is 0.0952. The van der Waals surface area contributed by atoms with Crippen LogP contribution in [0.1, 0.15) is 11.1 Å². The van der Waals surface area contributed by atoms with Crippen molar-refractivity contribution in [1.82, 2.24) is 4.31 Å². The molecule has 1 heterocycles. The van der Waals surface area contributed by atoms with E-state index in [1.54, 1.807) is 12.1 Å². The predicted octanol–water partition coefficient (Wildman–Crippen LogP) is 2.13. The average Bonchev–Trinajstić information content (AvgIpc) is 2.70. The Morgan fingerprint density at radius 3 is 2.28 bits per heavy atom. The van der Waals surface area contributed by atoms with Gasteiger partial charge in [-0.3, -0.25) is 4.72 Å². The van der Waals surface area contributed by atoms with Crippen molar-refractivity contribution in [3.63, 3.8) is 0 Å². The number of nitrogens with zero attached hydrogens (tertiary/aromatic N) is 1. The lowest BCUT2D eigenvalue weighted by Crippen LogP contribution is -2.40. The number of nitrogens with one attached hydrogen (secondary N) is 1. The van der Waals surface area contributed by atoms with Crippen LogP contribution >= 0.6 is 0 Å². The van der Waals surface area contributed by atoms with Crippen LogP contribution in [0.3, 0.4) is 0 Å². The molecule has 1 saturated heterocycles. The van der Waals surface area contributed by atoms with Gasteiger partial charge in [0.1, 0.15) is 10.6 Å². The van der Waals surface area contributed by atoms with E-state index in [0.717, 1.165) is 11.1 Å². The fraction of sp³-hybridized carbons (Fsp3) is 0.368. The third kappa shape index (κ3) is 4.55. The largest absolute Gasteiger partial charge is 0.495 e. The van der Waals surface area contributed by atoms with Gasteiger partial charge in [-0.05, 0) is 55.3 Å². The topological polar surface area (TPSA) is 102 Å². The Balaban J connectivity index is 1.97. The lowest BCUT2D eigenvalue weighted by atomic mass is 10.1. The molecule has 0 amide bonds. The van der Waals surface area contributed by atoms with E-state index in [-0.39, 0.29) is 34.3 Å². The van der Waals surface area contributed by atoms with Gasteiger partial charge >= 0.3 is 0 Å². The summed E-state index contributed by atoms with van der Waals surface area (Å²) in [5, 5.41) is 0. The number of sulfonamides is 2. The number of ether oxygens (including phenoxy) is 2. The first-order valence-corrected chi connectivity index (χ1v) is 11.9. The first kappa shape index (κ1) is 21.6. The second-order valence-electron chi connectivity index (χ2n) is 6.73. The van der Waals surface area contributed by atoms with Crippen molar-refractivity contribution in [1.29, 1.82) is 0 Å². The molecular formula is C19H24N2O6S2. The van der Waals surface area contributed by atoms with Gasteiger partial charge in [0, 0.05) is 13.1 Å². The Kier molecular flexibility index (Phi) is 6.18. The molecule has 158 valence electrons. The lowest BCUT2D eigenvalue weighted by Gasteiger charge is -2.26. The van der Waals surface area contributed by atoms with Gasteiger partial charge in [-0.15, -0.1) is 0 Å². The molecule has 1 aliphatic heterocycles. The van der Waals surface area contributed by atoms with Gasteiger partial charge in [-0.25, -0.2) is 16.8 Å². The molecule has 0 spiro atoms. The van der Waals surface area contributed by atoms with Crippen molar-refractivity contribution in [2.45, 2.75) is 23.6 Å². The summed E-state index contributed by atoms with van der Waals surface area (Å²) in [5.41, 5.74) is 1.96. The Hall–Kier alpha value is -2.14. The molecule has 0 aliphatic carbocycles. The van der Waals surface area contributed by atoms with Crippen LogP contribution in [-0.4, -0.2) is 54.6 Å². The Morgan fingerprint density at radius 1 is 0.966 bits per heavy atom. The number of hydrogen-bond donors (Lipinski definition) is 1. The summed E-state index contributed by atoms with van der Waals surface area (Å²) in [6.07, 6.45) is 0. The zero-order valence-electron chi connectivity index (χ0n) is 16.5. The molecule has 10 heteroatoms. The SMILES string of the molecule is COc1ccc(NS(=O)(=O)c2ccc(C)c(C)c2)cc1S(=O)(=O)N1CCOCC1. The van der Waals surface area contributed by atoms with Crippen molar-refractivity contribution in [2.75, 3.05) is 38.1 Å². The summed E-state index contributed by atoms with van der Waals surface area (Å²) >= 11 is 0. The molecular weight excluding hydrogens is 416 g/mol. The van der Waals surface area contributed by atoms with Gasteiger partial charge in [0.2, 0.25) is 10.0 Å². The van der Waals surface area contributed by atoms with E-state index in [0.29, 0.717) is 13.2 Å². The molecule has 0 bridgehead atoms. The number of rotatable bonds is 6. The van der Waals surface area contributed by atoms with Gasteiger partial charge in [0.05, 0.1) is 30.9 Å². The highest BCUT2D eigenvalue weighted by molar-refractivity contribution is 7.92. The number of hydrogen-bond acceptors (Lipinski definition) is 6. The minimum atomic E-state index is -3.88. The van der Waals surface area contributed by atoms with Gasteiger partial charge in [-0.2, -0.15) is 4.31 Å². The van der Waals surface area contributed by atoms with Crippen LogP contribution in [-0.2, 0) is 24.8 Å². The maximum atomic E-state index is 13.1. The predicted molar refractivity (Wildman–Crippen MR) is 109 cm³/mol. The van der Waals surface area contributed by atoms with Crippen molar-refractivity contribution in [2.24, 2.45) is 0 Å². The van der Waals surface area contributed by atoms with Crippen LogP contribution in [0.5, 0.6) is 5.75 Å². The summed E-state index contributed by atoms with van der Waals surface area (Å²) in [5.74, 6) is 0.144. The molecule has 0 aromatic heterocycles. The first-order valence-electron chi connectivity index (χ1n) is 9.01. The van der Waals surface area contributed by atoms with Crippen LogP contribution in [0, 0.1) is 13.8 Å². The first-order chi connectivity index (χ1) is 13.6. The van der Waals surface area contributed by atoms with Gasteiger partial charge in [-0.1, -0.05) is 6.07 Å². The molecule has 1 N–H and O–H groups in total. The van der Waals surface area contributed by atoms with E-state index in [2.05, 4.69) is 4.72 Å². The normalized spacial score (nSPS) is 15.8. The van der Waals surface area contributed by atoms with Crippen LogP contribution in [0.15, 0.2) is 46.2 Å². The third-order valence-electron chi connectivity index (χ3n) is 4.79. The van der Waals surface area contributed by atoms with E-state index in [1.807, 2.05) is 13.8 Å². The highest BCUT2D eigenvalue weighted by atomic mass is 32.2. The highest BCUT2D eigenvalue weighted by Crippen LogP contribution is 2.31. The van der Waals surface area contributed by atoms with E-state index in [4.69, 9.17) is 9.47 Å². The minimum Gasteiger partial charge on any atom is -0.495 e. The lowest BCUT2D eigenvalue weighted by molar-refractivity contribution is 0.0729.